The predicted molar refractivity (Wildman–Crippen MR) is 123 cm³/mol. The summed E-state index contributed by atoms with van der Waals surface area (Å²) in [6.45, 7) is 3.93. The highest BCUT2D eigenvalue weighted by molar-refractivity contribution is 7.99. The number of benzene rings is 2. The first-order chi connectivity index (χ1) is 15.5. The first-order valence-corrected chi connectivity index (χ1v) is 11.0. The highest BCUT2D eigenvalue weighted by Gasteiger charge is 2.23. The SMILES string of the molecule is CCOC(=O)c1oc2ccccc2c1NC(=O)CSc1nnc(-c2cccc(C)c2)n1C. The van der Waals surface area contributed by atoms with E-state index in [4.69, 9.17) is 9.15 Å². The van der Waals surface area contributed by atoms with Crippen LogP contribution in [-0.4, -0.2) is 39.0 Å². The van der Waals surface area contributed by atoms with Gasteiger partial charge in [0.2, 0.25) is 11.7 Å². The first kappa shape index (κ1) is 21.6. The molecule has 1 amide bonds. The molecule has 2 heterocycles. The van der Waals surface area contributed by atoms with Gasteiger partial charge < -0.3 is 19.0 Å². The van der Waals surface area contributed by atoms with E-state index in [1.807, 2.05) is 48.9 Å². The zero-order valence-electron chi connectivity index (χ0n) is 17.9. The molecule has 0 saturated heterocycles. The number of furan rings is 1. The van der Waals surface area contributed by atoms with Crippen LogP contribution in [0.5, 0.6) is 0 Å². The number of aryl methyl sites for hydroxylation is 1. The number of hydrogen-bond donors (Lipinski definition) is 1. The Morgan fingerprint density at radius 1 is 1.16 bits per heavy atom. The van der Waals surface area contributed by atoms with Crippen LogP contribution in [0.2, 0.25) is 0 Å². The van der Waals surface area contributed by atoms with Crippen LogP contribution in [0.25, 0.3) is 22.4 Å². The van der Waals surface area contributed by atoms with Gasteiger partial charge in [0.05, 0.1) is 12.4 Å². The molecule has 0 radical (unpaired) electrons. The summed E-state index contributed by atoms with van der Waals surface area (Å²) in [5, 5.41) is 12.5. The molecular weight excluding hydrogens is 428 g/mol. The Kier molecular flexibility index (Phi) is 6.27. The molecule has 32 heavy (non-hydrogen) atoms. The smallest absolute Gasteiger partial charge is 0.376 e. The number of nitrogens with one attached hydrogen (secondary N) is 1. The fourth-order valence-corrected chi connectivity index (χ4v) is 4.00. The summed E-state index contributed by atoms with van der Waals surface area (Å²) in [6, 6.07) is 15.1. The number of hydrogen-bond acceptors (Lipinski definition) is 7. The number of amides is 1. The molecule has 2 aromatic carbocycles. The molecule has 8 nitrogen and oxygen atoms in total. The lowest BCUT2D eigenvalue weighted by atomic mass is 10.1. The van der Waals surface area contributed by atoms with Gasteiger partial charge in [-0.3, -0.25) is 4.79 Å². The zero-order chi connectivity index (χ0) is 22.7. The Balaban J connectivity index is 1.50. The largest absolute Gasteiger partial charge is 0.460 e. The minimum atomic E-state index is -0.622. The van der Waals surface area contributed by atoms with Gasteiger partial charge in [-0.2, -0.15) is 0 Å². The first-order valence-electron chi connectivity index (χ1n) is 10.1. The normalized spacial score (nSPS) is 11.0. The van der Waals surface area contributed by atoms with Gasteiger partial charge in [-0.1, -0.05) is 47.7 Å². The third-order valence-corrected chi connectivity index (χ3v) is 5.78. The maximum atomic E-state index is 12.7. The maximum Gasteiger partial charge on any atom is 0.376 e. The summed E-state index contributed by atoms with van der Waals surface area (Å²) in [5.41, 5.74) is 2.89. The quantitative estimate of drug-likeness (QED) is 0.328. The molecule has 9 heteroatoms. The number of ether oxygens (including phenoxy) is 1. The second-order valence-corrected chi connectivity index (χ2v) is 8.04. The standard InChI is InChI=1S/C23H22N4O4S/c1-4-30-22(29)20-19(16-10-5-6-11-17(16)31-20)24-18(28)13-32-23-26-25-21(27(23)3)15-9-7-8-14(2)12-15/h5-12H,4,13H2,1-3H3,(H,24,28). The fourth-order valence-electron chi connectivity index (χ4n) is 3.29. The molecule has 0 aliphatic heterocycles. The summed E-state index contributed by atoms with van der Waals surface area (Å²) >= 11 is 1.26. The highest BCUT2D eigenvalue weighted by atomic mass is 32.2. The van der Waals surface area contributed by atoms with Gasteiger partial charge in [-0.25, -0.2) is 4.79 Å². The van der Waals surface area contributed by atoms with Crippen molar-refractivity contribution in [1.82, 2.24) is 14.8 Å². The molecule has 0 bridgehead atoms. The minimum absolute atomic E-state index is 0.0215. The predicted octanol–water partition coefficient (Wildman–Crippen LogP) is 4.44. The molecular formula is C23H22N4O4S. The van der Waals surface area contributed by atoms with E-state index in [-0.39, 0.29) is 24.0 Å². The summed E-state index contributed by atoms with van der Waals surface area (Å²) < 4.78 is 12.6. The Morgan fingerprint density at radius 3 is 2.75 bits per heavy atom. The zero-order valence-corrected chi connectivity index (χ0v) is 18.7. The number of rotatable bonds is 7. The number of para-hydroxylation sites is 1. The highest BCUT2D eigenvalue weighted by Crippen LogP contribution is 2.32. The lowest BCUT2D eigenvalue weighted by Gasteiger charge is -2.07. The number of nitrogens with zero attached hydrogens (tertiary/aromatic N) is 3. The van der Waals surface area contributed by atoms with Crippen LogP contribution in [-0.2, 0) is 16.6 Å². The van der Waals surface area contributed by atoms with Crippen LogP contribution in [0.3, 0.4) is 0 Å². The van der Waals surface area contributed by atoms with Gasteiger partial charge in [0.1, 0.15) is 11.3 Å². The monoisotopic (exact) mass is 450 g/mol. The molecule has 164 valence electrons. The second kappa shape index (κ2) is 9.27. The van der Waals surface area contributed by atoms with E-state index in [2.05, 4.69) is 15.5 Å². The van der Waals surface area contributed by atoms with E-state index in [9.17, 15) is 9.59 Å². The average molecular weight is 451 g/mol. The topological polar surface area (TPSA) is 99.2 Å². The summed E-state index contributed by atoms with van der Waals surface area (Å²) in [7, 11) is 1.86. The van der Waals surface area contributed by atoms with Crippen LogP contribution in [0.1, 0.15) is 23.0 Å². The van der Waals surface area contributed by atoms with Crippen molar-refractivity contribution in [2.45, 2.75) is 19.0 Å². The molecule has 0 atom stereocenters. The second-order valence-electron chi connectivity index (χ2n) is 7.09. The van der Waals surface area contributed by atoms with Crippen LogP contribution < -0.4 is 5.32 Å². The molecule has 0 aliphatic rings. The number of thioether (sulfide) groups is 1. The van der Waals surface area contributed by atoms with Gasteiger partial charge in [-0.05, 0) is 32.0 Å². The van der Waals surface area contributed by atoms with Crippen molar-refractivity contribution < 1.29 is 18.7 Å². The molecule has 0 aliphatic carbocycles. The van der Waals surface area contributed by atoms with E-state index in [0.29, 0.717) is 21.8 Å². The van der Waals surface area contributed by atoms with E-state index < -0.39 is 5.97 Å². The fraction of sp³-hybridized carbons (Fsp3) is 0.217. The summed E-state index contributed by atoms with van der Waals surface area (Å²) in [4.78, 5) is 25.0. The Morgan fingerprint density at radius 2 is 1.97 bits per heavy atom. The van der Waals surface area contributed by atoms with Gasteiger partial charge in [0.15, 0.2) is 11.0 Å². The number of anilines is 1. The Labute approximate surface area is 189 Å². The molecule has 1 N–H and O–H groups in total. The van der Waals surface area contributed by atoms with Gasteiger partial charge in [0.25, 0.3) is 0 Å². The molecule has 0 fully saturated rings. The average Bonchev–Trinajstić information content (AvgIpc) is 3.33. The third kappa shape index (κ3) is 4.38. The van der Waals surface area contributed by atoms with Crippen LogP contribution in [0, 0.1) is 6.92 Å². The van der Waals surface area contributed by atoms with Crippen molar-refractivity contribution in [1.29, 1.82) is 0 Å². The van der Waals surface area contributed by atoms with Crippen molar-refractivity contribution in [3.63, 3.8) is 0 Å². The number of carbonyl (C=O) groups excluding carboxylic acids is 2. The van der Waals surface area contributed by atoms with Crippen molar-refractivity contribution in [2.75, 3.05) is 17.7 Å². The van der Waals surface area contributed by atoms with E-state index in [1.165, 1.54) is 11.8 Å². The molecule has 0 spiro atoms. The van der Waals surface area contributed by atoms with Crippen LogP contribution >= 0.6 is 11.8 Å². The van der Waals surface area contributed by atoms with Gasteiger partial charge in [0, 0.05) is 18.0 Å². The van der Waals surface area contributed by atoms with Gasteiger partial charge >= 0.3 is 5.97 Å². The minimum Gasteiger partial charge on any atom is -0.460 e. The molecule has 4 rings (SSSR count). The Hall–Kier alpha value is -3.59. The van der Waals surface area contributed by atoms with Crippen molar-refractivity contribution >= 4 is 40.3 Å². The van der Waals surface area contributed by atoms with Crippen molar-refractivity contribution in [3.8, 4) is 11.4 Å². The lowest BCUT2D eigenvalue weighted by Crippen LogP contribution is -2.17. The van der Waals surface area contributed by atoms with Crippen LogP contribution in [0.15, 0.2) is 58.1 Å². The molecule has 2 aromatic heterocycles. The number of esters is 1. The van der Waals surface area contributed by atoms with E-state index in [0.717, 1.165) is 17.0 Å². The van der Waals surface area contributed by atoms with Crippen molar-refractivity contribution in [2.24, 2.45) is 7.05 Å². The summed E-state index contributed by atoms with van der Waals surface area (Å²) in [5.74, 6) is -0.134. The van der Waals surface area contributed by atoms with Crippen molar-refractivity contribution in [3.05, 3.63) is 59.9 Å². The number of aromatic nitrogens is 3. The molecule has 0 saturated carbocycles. The lowest BCUT2D eigenvalue weighted by molar-refractivity contribution is -0.113. The van der Waals surface area contributed by atoms with E-state index in [1.54, 1.807) is 25.1 Å². The molecule has 4 aromatic rings. The Bertz CT molecular complexity index is 1290. The molecule has 0 unspecified atom stereocenters. The van der Waals surface area contributed by atoms with E-state index >= 15 is 0 Å². The summed E-state index contributed by atoms with van der Waals surface area (Å²) in [6.07, 6.45) is 0. The van der Waals surface area contributed by atoms with Crippen LogP contribution in [0.4, 0.5) is 5.69 Å². The number of carbonyl (C=O) groups is 2. The number of fused-ring (bicyclic) bond motifs is 1. The van der Waals surface area contributed by atoms with Gasteiger partial charge in [-0.15, -0.1) is 10.2 Å². The maximum absolute atomic E-state index is 12.7. The third-order valence-electron chi connectivity index (χ3n) is 4.76.